The van der Waals surface area contributed by atoms with E-state index in [0.29, 0.717) is 5.56 Å². The van der Waals surface area contributed by atoms with E-state index in [9.17, 15) is 14.4 Å². The van der Waals surface area contributed by atoms with E-state index < -0.39 is 11.7 Å². The van der Waals surface area contributed by atoms with Crippen LogP contribution in [0.4, 0.5) is 4.39 Å². The topological polar surface area (TPSA) is 151 Å². The molecule has 3 rings (SSSR count). The number of H-pyrrole nitrogens is 1. The monoisotopic (exact) mass is 409 g/mol. The minimum Gasteiger partial charge on any atom is -0.472 e. The molecular formula is C15H13ClFN7O4. The Morgan fingerprint density at radius 3 is 3.00 bits per heavy atom. The van der Waals surface area contributed by atoms with Gasteiger partial charge in [0.2, 0.25) is 5.82 Å². The maximum atomic E-state index is 13.3. The van der Waals surface area contributed by atoms with E-state index in [1.54, 1.807) is 0 Å². The molecule has 13 heteroatoms. The first-order chi connectivity index (χ1) is 13.6. The third-order valence-corrected chi connectivity index (χ3v) is 3.75. The second-order valence-corrected chi connectivity index (χ2v) is 5.74. The summed E-state index contributed by atoms with van der Waals surface area (Å²) in [5, 5.41) is 28.2. The highest BCUT2D eigenvalue weighted by Crippen LogP contribution is 2.20. The van der Waals surface area contributed by atoms with Crippen molar-refractivity contribution in [1.82, 2.24) is 30.8 Å². The Kier molecular flexibility index (Phi) is 6.11. The summed E-state index contributed by atoms with van der Waals surface area (Å²) < 4.78 is 23.3. The van der Waals surface area contributed by atoms with E-state index in [0.717, 1.165) is 0 Å². The normalized spacial score (nSPS) is 11.4. The third kappa shape index (κ3) is 4.59. The van der Waals surface area contributed by atoms with Gasteiger partial charge in [-0.3, -0.25) is 9.89 Å². The zero-order valence-electron chi connectivity index (χ0n) is 14.1. The number of aromatic amines is 1. The van der Waals surface area contributed by atoms with Crippen LogP contribution in [0.2, 0.25) is 5.02 Å². The zero-order valence-corrected chi connectivity index (χ0v) is 14.9. The largest absolute Gasteiger partial charge is 0.472 e. The minimum atomic E-state index is -0.563. The van der Waals surface area contributed by atoms with Crippen molar-refractivity contribution < 1.29 is 23.8 Å². The van der Waals surface area contributed by atoms with E-state index in [4.69, 9.17) is 16.3 Å². The summed E-state index contributed by atoms with van der Waals surface area (Å²) in [7, 11) is 0. The summed E-state index contributed by atoms with van der Waals surface area (Å²) in [5.74, 6) is -0.982. The van der Waals surface area contributed by atoms with Crippen LogP contribution >= 0.6 is 11.6 Å². The zero-order chi connectivity index (χ0) is 19.9. The van der Waals surface area contributed by atoms with Gasteiger partial charge in [0.15, 0.2) is 5.69 Å². The first kappa shape index (κ1) is 19.2. The lowest BCUT2D eigenvalue weighted by Gasteiger charge is -2.06. The Morgan fingerprint density at radius 2 is 2.29 bits per heavy atom. The van der Waals surface area contributed by atoms with Crippen molar-refractivity contribution in [3.8, 4) is 5.88 Å². The smallest absolute Gasteiger partial charge is 0.288 e. The fourth-order valence-electron chi connectivity index (χ4n) is 2.17. The number of oxime groups is 1. The lowest BCUT2D eigenvalue weighted by atomic mass is 10.1. The predicted octanol–water partition coefficient (Wildman–Crippen LogP) is 1.21. The SMILES string of the molecule is O=C(NCCOc1nonc1C(Cc1ccc(F)c(Cl)c1)=NO)c1ncn[nH]1. The molecule has 1 aromatic carbocycles. The highest BCUT2D eigenvalue weighted by Gasteiger charge is 2.20. The van der Waals surface area contributed by atoms with E-state index in [1.165, 1.54) is 24.5 Å². The molecule has 11 nitrogen and oxygen atoms in total. The molecule has 3 N–H and O–H groups in total. The fourth-order valence-corrected chi connectivity index (χ4v) is 2.37. The molecule has 0 aliphatic rings. The van der Waals surface area contributed by atoms with Gasteiger partial charge in [0.1, 0.15) is 24.5 Å². The number of carbonyl (C=O) groups is 1. The molecule has 28 heavy (non-hydrogen) atoms. The lowest BCUT2D eigenvalue weighted by molar-refractivity contribution is 0.0936. The number of ether oxygens (including phenoxy) is 1. The quantitative estimate of drug-likeness (QED) is 0.217. The Bertz CT molecular complexity index is 977. The van der Waals surface area contributed by atoms with Crippen LogP contribution in [0.1, 0.15) is 21.9 Å². The lowest BCUT2D eigenvalue weighted by Crippen LogP contribution is -2.29. The van der Waals surface area contributed by atoms with Gasteiger partial charge in [-0.25, -0.2) is 14.0 Å². The first-order valence-corrected chi connectivity index (χ1v) is 8.20. The number of hydrogen-bond acceptors (Lipinski definition) is 9. The number of nitrogens with zero attached hydrogens (tertiary/aromatic N) is 5. The van der Waals surface area contributed by atoms with Gasteiger partial charge in [0.25, 0.3) is 11.8 Å². The number of halogens is 2. The van der Waals surface area contributed by atoms with Crippen LogP contribution in [0.3, 0.4) is 0 Å². The van der Waals surface area contributed by atoms with Crippen LogP contribution < -0.4 is 10.1 Å². The standard InChI is InChI=1S/C15H13ClFN7O4/c16-9-5-8(1-2-10(9)17)6-11(22-26)12-15(24-28-23-12)27-4-3-18-14(25)13-19-7-20-21-13/h1-2,5,7,26H,3-4,6H2,(H,18,25)(H,19,20,21). The number of benzene rings is 1. The molecule has 1 amide bonds. The van der Waals surface area contributed by atoms with Crippen LogP contribution in [0.25, 0.3) is 0 Å². The molecule has 0 aliphatic heterocycles. The van der Waals surface area contributed by atoms with Gasteiger partial charge in [-0.2, -0.15) is 5.10 Å². The van der Waals surface area contributed by atoms with Gasteiger partial charge >= 0.3 is 0 Å². The van der Waals surface area contributed by atoms with E-state index in [1.807, 2.05) is 0 Å². The highest BCUT2D eigenvalue weighted by atomic mass is 35.5. The molecule has 2 aromatic heterocycles. The molecule has 0 aliphatic carbocycles. The molecule has 0 radical (unpaired) electrons. The number of rotatable bonds is 8. The molecule has 0 saturated carbocycles. The second kappa shape index (κ2) is 8.90. The number of carbonyl (C=O) groups excluding carboxylic acids is 1. The Morgan fingerprint density at radius 1 is 1.43 bits per heavy atom. The van der Waals surface area contributed by atoms with Crippen LogP contribution in [0.15, 0.2) is 34.3 Å². The van der Waals surface area contributed by atoms with E-state index in [-0.39, 0.29) is 47.7 Å². The highest BCUT2D eigenvalue weighted by molar-refractivity contribution is 6.30. The van der Waals surface area contributed by atoms with Crippen molar-refractivity contribution in [3.63, 3.8) is 0 Å². The third-order valence-electron chi connectivity index (χ3n) is 3.46. The first-order valence-electron chi connectivity index (χ1n) is 7.82. The molecular weight excluding hydrogens is 397 g/mol. The minimum absolute atomic E-state index is 0.0299. The number of amides is 1. The molecule has 146 valence electrons. The van der Waals surface area contributed by atoms with Gasteiger partial charge < -0.3 is 15.3 Å². The molecule has 0 unspecified atom stereocenters. The van der Waals surface area contributed by atoms with Crippen molar-refractivity contribution in [3.05, 3.63) is 52.4 Å². The van der Waals surface area contributed by atoms with Gasteiger partial charge in [-0.1, -0.05) is 22.8 Å². The van der Waals surface area contributed by atoms with Gasteiger partial charge in [-0.05, 0) is 28.0 Å². The van der Waals surface area contributed by atoms with Gasteiger partial charge in [0.05, 0.1) is 11.6 Å². The molecule has 0 atom stereocenters. The predicted molar refractivity (Wildman–Crippen MR) is 91.9 cm³/mol. The van der Waals surface area contributed by atoms with E-state index in [2.05, 4.69) is 40.6 Å². The summed E-state index contributed by atoms with van der Waals surface area (Å²) in [4.78, 5) is 15.4. The summed E-state index contributed by atoms with van der Waals surface area (Å²) in [5.41, 5.74) is 0.710. The molecule has 3 aromatic rings. The average Bonchev–Trinajstić information content (AvgIpc) is 3.38. The molecule has 0 bridgehead atoms. The summed E-state index contributed by atoms with van der Waals surface area (Å²) in [6, 6.07) is 4.08. The molecule has 0 spiro atoms. The van der Waals surface area contributed by atoms with Gasteiger partial charge in [-0.15, -0.1) is 0 Å². The van der Waals surface area contributed by atoms with Crippen LogP contribution in [0, 0.1) is 5.82 Å². The summed E-state index contributed by atoms with van der Waals surface area (Å²) in [6.07, 6.45) is 1.28. The van der Waals surface area contributed by atoms with Crippen molar-refractivity contribution >= 4 is 23.2 Å². The Hall–Kier alpha value is -3.54. The molecule has 2 heterocycles. The number of hydrogen-bond donors (Lipinski definition) is 3. The van der Waals surface area contributed by atoms with Crippen molar-refractivity contribution in [1.29, 1.82) is 0 Å². The van der Waals surface area contributed by atoms with Crippen LogP contribution in [-0.4, -0.2) is 55.5 Å². The second-order valence-electron chi connectivity index (χ2n) is 5.33. The molecule has 0 fully saturated rings. The van der Waals surface area contributed by atoms with Crippen LogP contribution in [-0.2, 0) is 6.42 Å². The van der Waals surface area contributed by atoms with Gasteiger partial charge in [0, 0.05) is 6.42 Å². The van der Waals surface area contributed by atoms with Crippen molar-refractivity contribution in [2.75, 3.05) is 13.2 Å². The summed E-state index contributed by atoms with van der Waals surface area (Å²) >= 11 is 5.75. The maximum absolute atomic E-state index is 13.3. The van der Waals surface area contributed by atoms with E-state index >= 15 is 0 Å². The van der Waals surface area contributed by atoms with Crippen LogP contribution in [0.5, 0.6) is 5.88 Å². The Labute approximate surface area is 161 Å². The van der Waals surface area contributed by atoms with Crippen molar-refractivity contribution in [2.24, 2.45) is 5.16 Å². The molecule has 0 saturated heterocycles. The fraction of sp³-hybridized carbons (Fsp3) is 0.200. The summed E-state index contributed by atoms with van der Waals surface area (Å²) in [6.45, 7) is 0.160. The van der Waals surface area contributed by atoms with Crippen molar-refractivity contribution in [2.45, 2.75) is 6.42 Å². The Balaban J connectivity index is 1.58. The number of aromatic nitrogens is 5. The maximum Gasteiger partial charge on any atom is 0.288 e. The number of nitrogens with one attached hydrogen (secondary N) is 2. The average molecular weight is 410 g/mol.